The van der Waals surface area contributed by atoms with Crippen LogP contribution in [-0.2, 0) is 0 Å². The Bertz CT molecular complexity index is 1030. The van der Waals surface area contributed by atoms with E-state index in [4.69, 9.17) is 15.0 Å². The minimum absolute atomic E-state index is 0.934. The Morgan fingerprint density at radius 1 is 0.455 bits per heavy atom. The fourth-order valence-corrected chi connectivity index (χ4v) is 5.40. The van der Waals surface area contributed by atoms with Crippen LogP contribution in [0.15, 0.2) is 48.8 Å². The van der Waals surface area contributed by atoms with Gasteiger partial charge in [-0.15, -0.1) is 0 Å². The molecule has 0 aromatic carbocycles. The highest BCUT2D eigenvalue weighted by Crippen LogP contribution is 2.32. The molecule has 6 nitrogen and oxygen atoms in total. The van der Waals surface area contributed by atoms with Crippen LogP contribution in [0.4, 0.5) is 17.1 Å². The van der Waals surface area contributed by atoms with E-state index in [1.54, 1.807) is 0 Å². The van der Waals surface area contributed by atoms with Crippen LogP contribution < -0.4 is 14.7 Å². The van der Waals surface area contributed by atoms with Gasteiger partial charge < -0.3 is 14.7 Å². The highest BCUT2D eigenvalue weighted by Gasteiger charge is 2.19. The van der Waals surface area contributed by atoms with Crippen molar-refractivity contribution in [3.05, 3.63) is 48.8 Å². The SMILES string of the molecule is c1cc(N2CCCC2)cc(-c2cc(N3CCCC3)cc(-c3cc(N4CCCC4)ccn3)n2)n1. The molecule has 0 N–H and O–H groups in total. The first kappa shape index (κ1) is 20.5. The monoisotopic (exact) mass is 440 g/mol. The molecular weight excluding hydrogens is 408 g/mol. The summed E-state index contributed by atoms with van der Waals surface area (Å²) >= 11 is 0. The molecule has 3 aliphatic heterocycles. The molecule has 3 aromatic heterocycles. The van der Waals surface area contributed by atoms with Crippen molar-refractivity contribution in [2.24, 2.45) is 0 Å². The topological polar surface area (TPSA) is 48.4 Å². The van der Waals surface area contributed by atoms with Gasteiger partial charge in [0.2, 0.25) is 0 Å². The van der Waals surface area contributed by atoms with Crippen molar-refractivity contribution in [2.45, 2.75) is 38.5 Å². The second-order valence-corrected chi connectivity index (χ2v) is 9.48. The summed E-state index contributed by atoms with van der Waals surface area (Å²) in [5.41, 5.74) is 7.49. The van der Waals surface area contributed by atoms with E-state index < -0.39 is 0 Å². The maximum Gasteiger partial charge on any atom is 0.0915 e. The molecule has 0 amide bonds. The van der Waals surface area contributed by atoms with Gasteiger partial charge in [-0.25, -0.2) is 4.98 Å². The molecule has 0 aliphatic carbocycles. The minimum Gasteiger partial charge on any atom is -0.371 e. The fourth-order valence-electron chi connectivity index (χ4n) is 5.40. The number of aromatic nitrogens is 3. The largest absolute Gasteiger partial charge is 0.371 e. The second-order valence-electron chi connectivity index (χ2n) is 9.48. The van der Waals surface area contributed by atoms with Crippen molar-refractivity contribution in [1.82, 2.24) is 15.0 Å². The van der Waals surface area contributed by atoms with Crippen LogP contribution in [0.5, 0.6) is 0 Å². The molecule has 6 heterocycles. The summed E-state index contributed by atoms with van der Waals surface area (Å²) in [7, 11) is 0. The van der Waals surface area contributed by atoms with Crippen LogP contribution >= 0.6 is 0 Å². The van der Waals surface area contributed by atoms with Crippen molar-refractivity contribution in [3.8, 4) is 22.8 Å². The third-order valence-electron chi connectivity index (χ3n) is 7.24. The highest BCUT2D eigenvalue weighted by atomic mass is 15.2. The van der Waals surface area contributed by atoms with Crippen LogP contribution in [0.25, 0.3) is 22.8 Å². The van der Waals surface area contributed by atoms with Crippen molar-refractivity contribution >= 4 is 17.1 Å². The smallest absolute Gasteiger partial charge is 0.0915 e. The number of hydrogen-bond donors (Lipinski definition) is 0. The van der Waals surface area contributed by atoms with Crippen LogP contribution in [0.1, 0.15) is 38.5 Å². The van der Waals surface area contributed by atoms with Crippen LogP contribution in [0, 0.1) is 0 Å². The molecular formula is C27H32N6. The summed E-state index contributed by atoms with van der Waals surface area (Å²) in [6.45, 7) is 6.72. The van der Waals surface area contributed by atoms with Gasteiger partial charge >= 0.3 is 0 Å². The molecule has 6 heteroatoms. The zero-order valence-corrected chi connectivity index (χ0v) is 19.3. The fraction of sp³-hybridized carbons (Fsp3) is 0.444. The molecule has 0 radical (unpaired) electrons. The van der Waals surface area contributed by atoms with Crippen molar-refractivity contribution in [1.29, 1.82) is 0 Å². The molecule has 170 valence electrons. The van der Waals surface area contributed by atoms with E-state index >= 15 is 0 Å². The Labute approximate surface area is 196 Å². The van der Waals surface area contributed by atoms with Gasteiger partial charge in [-0.1, -0.05) is 0 Å². The van der Waals surface area contributed by atoms with E-state index in [1.807, 2.05) is 12.4 Å². The van der Waals surface area contributed by atoms with Crippen molar-refractivity contribution in [2.75, 3.05) is 54.0 Å². The number of nitrogens with zero attached hydrogens (tertiary/aromatic N) is 6. The van der Waals surface area contributed by atoms with E-state index in [0.29, 0.717) is 0 Å². The summed E-state index contributed by atoms with van der Waals surface area (Å²) in [6, 6.07) is 13.1. The molecule has 6 rings (SSSR count). The van der Waals surface area contributed by atoms with Gasteiger partial charge in [0.05, 0.1) is 22.8 Å². The molecule has 33 heavy (non-hydrogen) atoms. The number of anilines is 3. The Morgan fingerprint density at radius 2 is 0.818 bits per heavy atom. The van der Waals surface area contributed by atoms with Gasteiger partial charge in [0.25, 0.3) is 0 Å². The van der Waals surface area contributed by atoms with Crippen LogP contribution in [-0.4, -0.2) is 54.2 Å². The standard InChI is InChI=1S/C27H32N6/c1-2-12-31(11-1)21-7-9-28-24(17-21)26-19-23(33-15-5-6-16-33)20-27(30-26)25-18-22(8-10-29-25)32-13-3-4-14-32/h7-10,17-20H,1-6,11-16H2. The lowest BCUT2D eigenvalue weighted by Crippen LogP contribution is -2.18. The van der Waals surface area contributed by atoms with Crippen LogP contribution in [0.2, 0.25) is 0 Å². The summed E-state index contributed by atoms with van der Waals surface area (Å²) in [6.07, 6.45) is 11.4. The van der Waals surface area contributed by atoms with E-state index in [9.17, 15) is 0 Å². The summed E-state index contributed by atoms with van der Waals surface area (Å²) in [4.78, 5) is 21.9. The number of pyridine rings is 3. The van der Waals surface area contributed by atoms with E-state index in [0.717, 1.165) is 62.0 Å². The summed E-state index contributed by atoms with van der Waals surface area (Å²) in [5.74, 6) is 0. The molecule has 0 unspecified atom stereocenters. The average Bonchev–Trinajstić information content (AvgIpc) is 3.67. The third-order valence-corrected chi connectivity index (χ3v) is 7.24. The Kier molecular flexibility index (Phi) is 5.58. The van der Waals surface area contributed by atoms with E-state index in [2.05, 4.69) is 51.1 Å². The minimum atomic E-state index is 0.934. The lowest BCUT2D eigenvalue weighted by atomic mass is 10.1. The number of rotatable bonds is 5. The van der Waals surface area contributed by atoms with Gasteiger partial charge in [0, 0.05) is 68.7 Å². The zero-order chi connectivity index (χ0) is 22.0. The third kappa shape index (κ3) is 4.26. The van der Waals surface area contributed by atoms with E-state index in [-0.39, 0.29) is 0 Å². The molecule has 0 atom stereocenters. The van der Waals surface area contributed by atoms with Crippen molar-refractivity contribution < 1.29 is 0 Å². The highest BCUT2D eigenvalue weighted by molar-refractivity contribution is 5.73. The molecule has 0 bridgehead atoms. The van der Waals surface area contributed by atoms with Gasteiger partial charge in [0.15, 0.2) is 0 Å². The maximum atomic E-state index is 5.09. The summed E-state index contributed by atoms with van der Waals surface area (Å²) in [5, 5.41) is 0. The zero-order valence-electron chi connectivity index (χ0n) is 19.3. The Hall–Kier alpha value is -3.15. The van der Waals surface area contributed by atoms with Gasteiger partial charge in [0.1, 0.15) is 0 Å². The van der Waals surface area contributed by atoms with Crippen molar-refractivity contribution in [3.63, 3.8) is 0 Å². The molecule has 3 aromatic rings. The first-order valence-electron chi connectivity index (χ1n) is 12.5. The first-order chi connectivity index (χ1) is 16.3. The molecule has 0 saturated carbocycles. The first-order valence-corrected chi connectivity index (χ1v) is 12.5. The van der Waals surface area contributed by atoms with Gasteiger partial charge in [-0.3, -0.25) is 9.97 Å². The molecule has 3 saturated heterocycles. The quantitative estimate of drug-likeness (QED) is 0.556. The van der Waals surface area contributed by atoms with E-state index in [1.165, 1.54) is 55.6 Å². The number of hydrogen-bond acceptors (Lipinski definition) is 6. The Balaban J connectivity index is 1.41. The summed E-state index contributed by atoms with van der Waals surface area (Å²) < 4.78 is 0. The van der Waals surface area contributed by atoms with Gasteiger partial charge in [-0.05, 0) is 74.9 Å². The molecule has 3 fully saturated rings. The maximum absolute atomic E-state index is 5.09. The predicted octanol–water partition coefficient (Wildman–Crippen LogP) is 5.01. The lowest BCUT2D eigenvalue weighted by molar-refractivity contribution is 0.949. The predicted molar refractivity (Wildman–Crippen MR) is 135 cm³/mol. The van der Waals surface area contributed by atoms with Gasteiger partial charge in [-0.2, -0.15) is 0 Å². The van der Waals surface area contributed by atoms with Crippen LogP contribution in [0.3, 0.4) is 0 Å². The Morgan fingerprint density at radius 3 is 1.24 bits per heavy atom. The normalized spacial score (nSPS) is 18.5. The lowest BCUT2D eigenvalue weighted by Gasteiger charge is -2.21. The molecule has 0 spiro atoms. The molecule has 3 aliphatic rings. The second kappa shape index (κ2) is 9.00. The average molecular weight is 441 g/mol.